The third-order valence-corrected chi connectivity index (χ3v) is 1.90. The van der Waals surface area contributed by atoms with Crippen LogP contribution < -0.4 is 0 Å². The topological polar surface area (TPSA) is 31.4 Å². The van der Waals surface area contributed by atoms with Gasteiger partial charge in [-0.05, 0) is 19.1 Å². The summed E-state index contributed by atoms with van der Waals surface area (Å²) in [6.07, 6.45) is 0.0702. The van der Waals surface area contributed by atoms with Crippen molar-refractivity contribution in [2.24, 2.45) is 0 Å². The number of hydrogen-bond acceptors (Lipinski definition) is 3. The predicted octanol–water partition coefficient (Wildman–Crippen LogP) is 2.29. The van der Waals surface area contributed by atoms with E-state index in [1.54, 1.807) is 13.2 Å². The number of rotatable bonds is 5. The number of methoxy groups -OCH3 is 1. The summed E-state index contributed by atoms with van der Waals surface area (Å²) < 4.78 is 10.4. The maximum Gasteiger partial charge on any atom is 0.129 e. The molecule has 0 amide bonds. The fraction of sp³-hybridized carbons (Fsp3) is 0.500. The summed E-state index contributed by atoms with van der Waals surface area (Å²) in [5.74, 6) is 0. The highest BCUT2D eigenvalue weighted by Crippen LogP contribution is 2.07. The van der Waals surface area contributed by atoms with Crippen LogP contribution in [-0.2, 0) is 16.1 Å². The lowest BCUT2D eigenvalue weighted by atomic mass is 10.3. The van der Waals surface area contributed by atoms with Gasteiger partial charge in [0.2, 0.25) is 0 Å². The highest BCUT2D eigenvalue weighted by atomic mass is 35.5. The van der Waals surface area contributed by atoms with Crippen molar-refractivity contribution in [3.05, 3.63) is 29.0 Å². The fourth-order valence-corrected chi connectivity index (χ4v) is 1.22. The molecule has 78 valence electrons. The van der Waals surface area contributed by atoms with Gasteiger partial charge in [0.05, 0.1) is 25.0 Å². The standard InChI is InChI=1S/C10H14ClNO2/c1-8(6-13-2)14-7-9-4-3-5-10(11)12-9/h3-5,8H,6-7H2,1-2H3. The van der Waals surface area contributed by atoms with Gasteiger partial charge in [-0.25, -0.2) is 4.98 Å². The number of halogens is 1. The first-order valence-corrected chi connectivity index (χ1v) is 4.82. The molecule has 1 heterocycles. The van der Waals surface area contributed by atoms with Crippen molar-refractivity contribution in [2.45, 2.75) is 19.6 Å². The molecule has 1 aromatic rings. The molecule has 0 saturated carbocycles. The molecule has 0 spiro atoms. The molecule has 1 aromatic heterocycles. The minimum Gasteiger partial charge on any atom is -0.382 e. The van der Waals surface area contributed by atoms with Crippen molar-refractivity contribution in [3.8, 4) is 0 Å². The number of aromatic nitrogens is 1. The zero-order valence-electron chi connectivity index (χ0n) is 8.37. The van der Waals surface area contributed by atoms with Gasteiger partial charge in [0.1, 0.15) is 5.15 Å². The van der Waals surface area contributed by atoms with Gasteiger partial charge in [-0.2, -0.15) is 0 Å². The van der Waals surface area contributed by atoms with Crippen LogP contribution in [0.15, 0.2) is 18.2 Å². The van der Waals surface area contributed by atoms with Crippen LogP contribution in [0.3, 0.4) is 0 Å². The van der Waals surface area contributed by atoms with Crippen LogP contribution in [0.5, 0.6) is 0 Å². The molecular weight excluding hydrogens is 202 g/mol. The van der Waals surface area contributed by atoms with E-state index in [1.807, 2.05) is 19.1 Å². The van der Waals surface area contributed by atoms with E-state index in [-0.39, 0.29) is 6.10 Å². The molecule has 1 rings (SSSR count). The Morgan fingerprint density at radius 3 is 2.93 bits per heavy atom. The van der Waals surface area contributed by atoms with E-state index in [0.717, 1.165) is 5.69 Å². The SMILES string of the molecule is COCC(C)OCc1cccc(Cl)n1. The number of nitrogens with zero attached hydrogens (tertiary/aromatic N) is 1. The smallest absolute Gasteiger partial charge is 0.129 e. The zero-order chi connectivity index (χ0) is 10.4. The number of ether oxygens (including phenoxy) is 2. The second kappa shape index (κ2) is 5.96. The Labute approximate surface area is 89.0 Å². The lowest BCUT2D eigenvalue weighted by molar-refractivity contribution is -0.00136. The van der Waals surface area contributed by atoms with Crippen molar-refractivity contribution in [2.75, 3.05) is 13.7 Å². The minimum atomic E-state index is 0.0702. The molecule has 14 heavy (non-hydrogen) atoms. The van der Waals surface area contributed by atoms with E-state index >= 15 is 0 Å². The van der Waals surface area contributed by atoms with Gasteiger partial charge in [-0.15, -0.1) is 0 Å². The molecule has 0 aliphatic carbocycles. The number of pyridine rings is 1. The van der Waals surface area contributed by atoms with Gasteiger partial charge in [0.15, 0.2) is 0 Å². The average Bonchev–Trinajstić information content (AvgIpc) is 2.15. The molecule has 0 fully saturated rings. The van der Waals surface area contributed by atoms with Crippen LogP contribution in [-0.4, -0.2) is 24.8 Å². The molecule has 1 unspecified atom stereocenters. The molecule has 0 saturated heterocycles. The summed E-state index contributed by atoms with van der Waals surface area (Å²) in [6.45, 7) is 3.00. The Hall–Kier alpha value is -0.640. The quantitative estimate of drug-likeness (QED) is 0.707. The molecule has 1 atom stereocenters. The van der Waals surface area contributed by atoms with Crippen LogP contribution >= 0.6 is 11.6 Å². The van der Waals surface area contributed by atoms with E-state index < -0.39 is 0 Å². The first-order chi connectivity index (χ1) is 6.72. The summed E-state index contributed by atoms with van der Waals surface area (Å²) in [5.41, 5.74) is 0.834. The second-order valence-electron chi connectivity index (χ2n) is 3.03. The van der Waals surface area contributed by atoms with Crippen molar-refractivity contribution < 1.29 is 9.47 Å². The molecule has 0 aliphatic heterocycles. The Morgan fingerprint density at radius 1 is 1.50 bits per heavy atom. The monoisotopic (exact) mass is 215 g/mol. The van der Waals surface area contributed by atoms with Crippen molar-refractivity contribution in [1.29, 1.82) is 0 Å². The first kappa shape index (κ1) is 11.4. The third kappa shape index (κ3) is 4.05. The average molecular weight is 216 g/mol. The first-order valence-electron chi connectivity index (χ1n) is 4.44. The van der Waals surface area contributed by atoms with Gasteiger partial charge in [-0.3, -0.25) is 0 Å². The maximum absolute atomic E-state index is 5.73. The van der Waals surface area contributed by atoms with Crippen LogP contribution in [0.25, 0.3) is 0 Å². The molecular formula is C10H14ClNO2. The second-order valence-corrected chi connectivity index (χ2v) is 3.42. The Bertz CT molecular complexity index is 281. The van der Waals surface area contributed by atoms with E-state index in [4.69, 9.17) is 21.1 Å². The van der Waals surface area contributed by atoms with E-state index in [2.05, 4.69) is 4.98 Å². The highest BCUT2D eigenvalue weighted by molar-refractivity contribution is 6.29. The van der Waals surface area contributed by atoms with Crippen molar-refractivity contribution in [1.82, 2.24) is 4.98 Å². The largest absolute Gasteiger partial charge is 0.382 e. The van der Waals surface area contributed by atoms with Crippen LogP contribution in [0.2, 0.25) is 5.15 Å². The normalized spacial score (nSPS) is 12.8. The van der Waals surface area contributed by atoms with Crippen molar-refractivity contribution >= 4 is 11.6 Å². The Morgan fingerprint density at radius 2 is 2.29 bits per heavy atom. The maximum atomic E-state index is 5.73. The van der Waals surface area contributed by atoms with Crippen molar-refractivity contribution in [3.63, 3.8) is 0 Å². The van der Waals surface area contributed by atoms with Gasteiger partial charge in [0, 0.05) is 7.11 Å². The van der Waals surface area contributed by atoms with Crippen LogP contribution in [0.4, 0.5) is 0 Å². The summed E-state index contributed by atoms with van der Waals surface area (Å²) in [5, 5.41) is 0.491. The summed E-state index contributed by atoms with van der Waals surface area (Å²) in [7, 11) is 1.65. The summed E-state index contributed by atoms with van der Waals surface area (Å²) >= 11 is 5.73. The van der Waals surface area contributed by atoms with Crippen LogP contribution in [0, 0.1) is 0 Å². The molecule has 3 nitrogen and oxygen atoms in total. The number of hydrogen-bond donors (Lipinski definition) is 0. The Kier molecular flexibility index (Phi) is 4.87. The molecule has 4 heteroatoms. The molecule has 0 aromatic carbocycles. The van der Waals surface area contributed by atoms with Gasteiger partial charge < -0.3 is 9.47 Å². The van der Waals surface area contributed by atoms with Gasteiger partial charge in [0.25, 0.3) is 0 Å². The van der Waals surface area contributed by atoms with Gasteiger partial charge >= 0.3 is 0 Å². The highest BCUT2D eigenvalue weighted by Gasteiger charge is 2.02. The molecule has 0 radical (unpaired) electrons. The van der Waals surface area contributed by atoms with Crippen LogP contribution in [0.1, 0.15) is 12.6 Å². The molecule has 0 aliphatic rings. The molecule has 0 bridgehead atoms. The third-order valence-electron chi connectivity index (χ3n) is 1.69. The summed E-state index contributed by atoms with van der Waals surface area (Å²) in [6, 6.07) is 5.48. The lowest BCUT2D eigenvalue weighted by Crippen LogP contribution is -2.14. The minimum absolute atomic E-state index is 0.0702. The van der Waals surface area contributed by atoms with E-state index in [0.29, 0.717) is 18.4 Å². The molecule has 0 N–H and O–H groups in total. The summed E-state index contributed by atoms with van der Waals surface area (Å²) in [4.78, 5) is 4.10. The fourth-order valence-electron chi connectivity index (χ4n) is 1.04. The van der Waals surface area contributed by atoms with E-state index in [1.165, 1.54) is 0 Å². The zero-order valence-corrected chi connectivity index (χ0v) is 9.12. The van der Waals surface area contributed by atoms with Gasteiger partial charge in [-0.1, -0.05) is 17.7 Å². The van der Waals surface area contributed by atoms with E-state index in [9.17, 15) is 0 Å². The lowest BCUT2D eigenvalue weighted by Gasteiger charge is -2.11. The Balaban J connectivity index is 2.37. The predicted molar refractivity (Wildman–Crippen MR) is 55.4 cm³/mol.